The lowest BCUT2D eigenvalue weighted by Gasteiger charge is -2.05. The molecule has 0 atom stereocenters. The zero-order valence-corrected chi connectivity index (χ0v) is 7.42. The Hall–Kier alpha value is -1.85. The zero-order valence-electron chi connectivity index (χ0n) is 7.42. The van der Waals surface area contributed by atoms with Crippen LogP contribution in [0.1, 0.15) is 5.56 Å². The van der Waals surface area contributed by atoms with Gasteiger partial charge >= 0.3 is 6.18 Å². The number of H-pyrrole nitrogens is 1. The van der Waals surface area contributed by atoms with Crippen molar-refractivity contribution >= 4 is 0 Å². The quantitative estimate of drug-likeness (QED) is 0.790. The van der Waals surface area contributed by atoms with Crippen molar-refractivity contribution < 1.29 is 13.2 Å². The second-order valence-corrected chi connectivity index (χ2v) is 2.87. The third-order valence-electron chi connectivity index (χ3n) is 1.83. The zero-order chi connectivity index (χ0) is 10.9. The topological polar surface area (TPSA) is 41.6 Å². The van der Waals surface area contributed by atoms with Crippen LogP contribution in [0.15, 0.2) is 30.7 Å². The Morgan fingerprint density at radius 2 is 1.93 bits per heavy atom. The first-order valence-corrected chi connectivity index (χ1v) is 4.10. The van der Waals surface area contributed by atoms with Crippen molar-refractivity contribution in [2.45, 2.75) is 6.18 Å². The van der Waals surface area contributed by atoms with E-state index in [0.29, 0.717) is 11.5 Å². The number of aromatic nitrogens is 3. The van der Waals surface area contributed by atoms with E-state index >= 15 is 0 Å². The molecule has 2 heterocycles. The summed E-state index contributed by atoms with van der Waals surface area (Å²) in [4.78, 5) is 10.3. The molecule has 3 nitrogen and oxygen atoms in total. The molecule has 0 bridgehead atoms. The highest BCUT2D eigenvalue weighted by Crippen LogP contribution is 2.29. The van der Waals surface area contributed by atoms with E-state index < -0.39 is 11.7 Å². The van der Waals surface area contributed by atoms with Crippen LogP contribution in [0.3, 0.4) is 0 Å². The van der Waals surface area contributed by atoms with Crippen molar-refractivity contribution in [1.29, 1.82) is 0 Å². The maximum Gasteiger partial charge on any atom is 0.417 e. The molecule has 0 radical (unpaired) electrons. The smallest absolute Gasteiger partial charge is 0.343 e. The van der Waals surface area contributed by atoms with E-state index in [2.05, 4.69) is 15.0 Å². The summed E-state index contributed by atoms with van der Waals surface area (Å²) < 4.78 is 36.6. The minimum absolute atomic E-state index is 0.382. The van der Waals surface area contributed by atoms with Crippen molar-refractivity contribution in [3.63, 3.8) is 0 Å². The molecule has 15 heavy (non-hydrogen) atoms. The van der Waals surface area contributed by atoms with E-state index in [0.717, 1.165) is 12.3 Å². The minimum atomic E-state index is -4.35. The van der Waals surface area contributed by atoms with Crippen molar-refractivity contribution in [2.24, 2.45) is 0 Å². The second-order valence-electron chi connectivity index (χ2n) is 2.87. The van der Waals surface area contributed by atoms with Gasteiger partial charge in [0.25, 0.3) is 0 Å². The summed E-state index contributed by atoms with van der Waals surface area (Å²) in [6.45, 7) is 0. The van der Waals surface area contributed by atoms with Gasteiger partial charge in [-0.2, -0.15) is 13.2 Å². The lowest BCUT2D eigenvalue weighted by molar-refractivity contribution is -0.137. The number of nitrogens with one attached hydrogen (secondary N) is 1. The summed E-state index contributed by atoms with van der Waals surface area (Å²) in [6.07, 6.45) is -0.476. The van der Waals surface area contributed by atoms with Crippen molar-refractivity contribution in [3.05, 3.63) is 36.3 Å². The highest BCUT2D eigenvalue weighted by atomic mass is 19.4. The fourth-order valence-corrected chi connectivity index (χ4v) is 1.11. The van der Waals surface area contributed by atoms with Crippen molar-refractivity contribution in [2.75, 3.05) is 0 Å². The molecule has 0 aliphatic rings. The van der Waals surface area contributed by atoms with Gasteiger partial charge < -0.3 is 4.98 Å². The minimum Gasteiger partial charge on any atom is -0.343 e. The molecule has 0 aliphatic carbocycles. The molecular weight excluding hydrogens is 207 g/mol. The molecule has 2 aromatic heterocycles. The largest absolute Gasteiger partial charge is 0.417 e. The third-order valence-corrected chi connectivity index (χ3v) is 1.83. The first-order chi connectivity index (χ1) is 7.07. The summed E-state index contributed by atoms with van der Waals surface area (Å²) in [5.41, 5.74) is -0.384. The highest BCUT2D eigenvalue weighted by Gasteiger charge is 2.30. The molecule has 0 aliphatic heterocycles. The molecule has 2 rings (SSSR count). The first-order valence-electron chi connectivity index (χ1n) is 4.10. The molecular formula is C9H6F3N3. The third kappa shape index (κ3) is 1.98. The number of rotatable bonds is 1. The Kier molecular flexibility index (Phi) is 2.18. The standard InChI is InChI=1S/C9H6F3N3/c10-9(11,12)6-1-2-7(15-5-6)8-13-3-4-14-8/h1-5H,(H,13,14). The predicted molar refractivity (Wildman–Crippen MR) is 46.8 cm³/mol. The highest BCUT2D eigenvalue weighted by molar-refractivity contribution is 5.48. The molecule has 0 aromatic carbocycles. The van der Waals surface area contributed by atoms with Gasteiger partial charge in [-0.25, -0.2) is 4.98 Å². The number of alkyl halides is 3. The van der Waals surface area contributed by atoms with Gasteiger partial charge in [-0.1, -0.05) is 0 Å². The first kappa shape index (κ1) is 9.70. The predicted octanol–water partition coefficient (Wildman–Crippen LogP) is 2.49. The molecule has 0 spiro atoms. The molecule has 0 saturated carbocycles. The number of hydrogen-bond donors (Lipinski definition) is 1. The fourth-order valence-electron chi connectivity index (χ4n) is 1.11. The Balaban J connectivity index is 2.33. The number of imidazole rings is 1. The summed E-state index contributed by atoms with van der Waals surface area (Å²) in [5, 5.41) is 0. The van der Waals surface area contributed by atoms with E-state index in [1.807, 2.05) is 0 Å². The SMILES string of the molecule is FC(F)(F)c1ccc(-c2ncc[nH]2)nc1. The van der Waals surface area contributed by atoms with Crippen LogP contribution in [0.4, 0.5) is 13.2 Å². The summed E-state index contributed by atoms with van der Waals surface area (Å²) in [6, 6.07) is 2.26. The van der Waals surface area contributed by atoms with E-state index in [1.165, 1.54) is 12.3 Å². The van der Waals surface area contributed by atoms with Crippen LogP contribution in [0.5, 0.6) is 0 Å². The molecule has 0 unspecified atom stereocenters. The number of aromatic amines is 1. The average molecular weight is 213 g/mol. The van der Waals surface area contributed by atoms with Gasteiger partial charge in [-0.05, 0) is 12.1 Å². The van der Waals surface area contributed by atoms with Gasteiger partial charge in [0, 0.05) is 18.6 Å². The molecule has 1 N–H and O–H groups in total. The van der Waals surface area contributed by atoms with E-state index in [4.69, 9.17) is 0 Å². The van der Waals surface area contributed by atoms with Crippen LogP contribution in [-0.4, -0.2) is 15.0 Å². The molecule has 6 heteroatoms. The molecule has 0 amide bonds. The Morgan fingerprint density at radius 1 is 1.13 bits per heavy atom. The Labute approximate surface area is 83.0 Å². The van der Waals surface area contributed by atoms with E-state index in [1.54, 1.807) is 6.20 Å². The monoisotopic (exact) mass is 213 g/mol. The van der Waals surface area contributed by atoms with Crippen LogP contribution in [0.25, 0.3) is 11.5 Å². The fraction of sp³-hybridized carbons (Fsp3) is 0.111. The van der Waals surface area contributed by atoms with Crippen LogP contribution >= 0.6 is 0 Å². The normalized spacial score (nSPS) is 11.7. The van der Waals surface area contributed by atoms with E-state index in [-0.39, 0.29) is 0 Å². The van der Waals surface area contributed by atoms with Gasteiger partial charge in [0.1, 0.15) is 5.69 Å². The molecule has 0 fully saturated rings. The number of pyridine rings is 1. The maximum atomic E-state index is 12.2. The van der Waals surface area contributed by atoms with Gasteiger partial charge in [-0.15, -0.1) is 0 Å². The van der Waals surface area contributed by atoms with Crippen LogP contribution in [0.2, 0.25) is 0 Å². The van der Waals surface area contributed by atoms with Crippen molar-refractivity contribution in [3.8, 4) is 11.5 Å². The van der Waals surface area contributed by atoms with E-state index in [9.17, 15) is 13.2 Å². The Bertz CT molecular complexity index is 431. The summed E-state index contributed by atoms with van der Waals surface area (Å²) in [7, 11) is 0. The van der Waals surface area contributed by atoms with Gasteiger partial charge in [-0.3, -0.25) is 4.98 Å². The molecule has 78 valence electrons. The Morgan fingerprint density at radius 3 is 2.40 bits per heavy atom. The van der Waals surface area contributed by atoms with Crippen LogP contribution in [-0.2, 0) is 6.18 Å². The molecule has 0 saturated heterocycles. The average Bonchev–Trinajstić information content (AvgIpc) is 2.69. The number of halogens is 3. The summed E-state index contributed by atoms with van der Waals surface area (Å²) in [5.74, 6) is 0.448. The maximum absolute atomic E-state index is 12.2. The van der Waals surface area contributed by atoms with Gasteiger partial charge in [0.2, 0.25) is 0 Å². The molecule has 2 aromatic rings. The summed E-state index contributed by atoms with van der Waals surface area (Å²) >= 11 is 0. The lowest BCUT2D eigenvalue weighted by atomic mass is 10.2. The van der Waals surface area contributed by atoms with Crippen molar-refractivity contribution in [1.82, 2.24) is 15.0 Å². The second kappa shape index (κ2) is 3.38. The van der Waals surface area contributed by atoms with Gasteiger partial charge in [0.15, 0.2) is 5.82 Å². The van der Waals surface area contributed by atoms with Crippen LogP contribution < -0.4 is 0 Å². The number of nitrogens with zero attached hydrogens (tertiary/aromatic N) is 2. The lowest BCUT2D eigenvalue weighted by Crippen LogP contribution is -2.05. The van der Waals surface area contributed by atoms with Gasteiger partial charge in [0.05, 0.1) is 5.56 Å². The van der Waals surface area contributed by atoms with Crippen LogP contribution in [0, 0.1) is 0 Å². The number of hydrogen-bond acceptors (Lipinski definition) is 2.